The highest BCUT2D eigenvalue weighted by Gasteiger charge is 2.24. The highest BCUT2D eigenvalue weighted by Crippen LogP contribution is 2.43. The van der Waals surface area contributed by atoms with Crippen molar-refractivity contribution in [1.29, 1.82) is 0 Å². The molecule has 0 aromatic heterocycles. The molecule has 2 rings (SSSR count). The van der Waals surface area contributed by atoms with Crippen LogP contribution in [0.2, 0.25) is 0 Å². The molecule has 0 saturated carbocycles. The predicted molar refractivity (Wildman–Crippen MR) is 100 cm³/mol. The van der Waals surface area contributed by atoms with Crippen molar-refractivity contribution in [1.82, 2.24) is 0 Å². The maximum absolute atomic E-state index is 10.4. The molecule has 0 saturated heterocycles. The van der Waals surface area contributed by atoms with Gasteiger partial charge in [0.25, 0.3) is 0 Å². The summed E-state index contributed by atoms with van der Waals surface area (Å²) in [5.41, 5.74) is 7.86. The molecule has 0 spiro atoms. The van der Waals surface area contributed by atoms with Crippen molar-refractivity contribution in [2.24, 2.45) is 5.73 Å². The third kappa shape index (κ3) is 4.61. The van der Waals surface area contributed by atoms with Crippen LogP contribution in [0.5, 0.6) is 11.5 Å². The number of aromatic hydroxyl groups is 1. The smallest absolute Gasteiger partial charge is 0.173 e. The van der Waals surface area contributed by atoms with Crippen molar-refractivity contribution in [3.63, 3.8) is 0 Å². The first-order chi connectivity index (χ1) is 10.5. The molecule has 0 radical (unpaired) electrons. The Labute approximate surface area is 158 Å². The molecule has 0 aliphatic carbocycles. The molecule has 0 aliphatic rings. The average molecular weight is 468 g/mol. The summed E-state index contributed by atoms with van der Waals surface area (Å²) in [6.07, 6.45) is -0.324. The maximum Gasteiger partial charge on any atom is 0.173 e. The van der Waals surface area contributed by atoms with Crippen LogP contribution in [0.25, 0.3) is 0 Å². The predicted octanol–water partition coefficient (Wildman–Crippen LogP) is 3.95. The van der Waals surface area contributed by atoms with Gasteiger partial charge in [0.2, 0.25) is 0 Å². The van der Waals surface area contributed by atoms with Gasteiger partial charge in [-0.1, -0.05) is 30.3 Å². The number of phenolic OH excluding ortho intramolecular Hbond substituents is 1. The van der Waals surface area contributed by atoms with E-state index in [1.165, 1.54) is 7.11 Å². The van der Waals surface area contributed by atoms with E-state index in [4.69, 9.17) is 10.5 Å². The fourth-order valence-electron chi connectivity index (χ4n) is 2.20. The van der Waals surface area contributed by atoms with E-state index in [1.807, 2.05) is 30.3 Å². The molecule has 0 bridgehead atoms. The van der Waals surface area contributed by atoms with Crippen LogP contribution in [0.4, 0.5) is 0 Å². The van der Waals surface area contributed by atoms with Gasteiger partial charge < -0.3 is 20.7 Å². The molecule has 2 aromatic rings. The number of ether oxygens (including phenoxy) is 1. The van der Waals surface area contributed by atoms with Crippen molar-refractivity contribution < 1.29 is 14.9 Å². The zero-order valence-electron chi connectivity index (χ0n) is 12.4. The van der Waals surface area contributed by atoms with Crippen LogP contribution in [0.3, 0.4) is 0 Å². The Morgan fingerprint density at radius 3 is 2.35 bits per heavy atom. The third-order valence-electron chi connectivity index (χ3n) is 3.46. The lowest BCUT2D eigenvalue weighted by atomic mass is 9.96. The number of aliphatic hydroxyl groups is 1. The normalized spacial score (nSPS) is 13.1. The summed E-state index contributed by atoms with van der Waals surface area (Å²) >= 11 is 6.69. The number of halogens is 3. The molecule has 2 atom stereocenters. The molecule has 0 heterocycles. The van der Waals surface area contributed by atoms with Crippen LogP contribution in [0, 0.1) is 0 Å². The Morgan fingerprint density at radius 1 is 1.17 bits per heavy atom. The number of methoxy groups -OCH3 is 1. The summed E-state index contributed by atoms with van der Waals surface area (Å²) < 4.78 is 6.18. The number of hydrogen-bond donors (Lipinski definition) is 3. The Morgan fingerprint density at radius 2 is 1.78 bits per heavy atom. The third-order valence-corrected chi connectivity index (χ3v) is 5.61. The molecule has 0 aliphatic heterocycles. The molecule has 0 unspecified atom stereocenters. The fraction of sp³-hybridized carbons (Fsp3) is 0.250. The number of benzene rings is 2. The van der Waals surface area contributed by atoms with E-state index in [0.717, 1.165) is 5.56 Å². The van der Waals surface area contributed by atoms with Crippen molar-refractivity contribution in [3.05, 3.63) is 56.5 Å². The number of aliphatic hydroxyl groups excluding tert-OH is 1. The standard InChI is InChI=1S/C16H17Br2NO3.ClH/c1-22-12-8-10(13(17)14(18)16(12)21)15(19)11(20)7-9-5-3-2-4-6-9;/h2-6,8,11,15,20-21H,7,19H2,1H3;1H/t11-,15+;/m0./s1. The van der Waals surface area contributed by atoms with Crippen molar-refractivity contribution in [3.8, 4) is 11.5 Å². The Balaban J connectivity index is 0.00000264. The van der Waals surface area contributed by atoms with Gasteiger partial charge >= 0.3 is 0 Å². The topological polar surface area (TPSA) is 75.7 Å². The highest BCUT2D eigenvalue weighted by molar-refractivity contribution is 9.13. The summed E-state index contributed by atoms with van der Waals surface area (Å²) in [5.74, 6) is 0.287. The Kier molecular flexibility index (Phi) is 7.83. The van der Waals surface area contributed by atoms with E-state index in [9.17, 15) is 10.2 Å². The van der Waals surface area contributed by atoms with E-state index in [-0.39, 0.29) is 18.2 Å². The second-order valence-corrected chi connectivity index (χ2v) is 6.51. The van der Waals surface area contributed by atoms with Crippen LogP contribution >= 0.6 is 44.3 Å². The zero-order valence-corrected chi connectivity index (χ0v) is 16.4. The van der Waals surface area contributed by atoms with Gasteiger partial charge in [0, 0.05) is 10.9 Å². The molecule has 7 heteroatoms. The molecule has 23 heavy (non-hydrogen) atoms. The van der Waals surface area contributed by atoms with Gasteiger partial charge in [0.05, 0.1) is 23.7 Å². The second-order valence-electron chi connectivity index (χ2n) is 4.93. The lowest BCUT2D eigenvalue weighted by Gasteiger charge is -2.22. The van der Waals surface area contributed by atoms with Gasteiger partial charge in [0.15, 0.2) is 11.5 Å². The van der Waals surface area contributed by atoms with Crippen LogP contribution < -0.4 is 10.5 Å². The highest BCUT2D eigenvalue weighted by atomic mass is 79.9. The minimum Gasteiger partial charge on any atom is -0.503 e. The van der Waals surface area contributed by atoms with Crippen LogP contribution in [-0.2, 0) is 6.42 Å². The Bertz CT molecular complexity index is 656. The molecule has 0 amide bonds. The summed E-state index contributed by atoms with van der Waals surface area (Å²) in [6, 6.07) is 10.7. The van der Waals surface area contributed by atoms with Crippen LogP contribution in [0.15, 0.2) is 45.3 Å². The zero-order chi connectivity index (χ0) is 16.3. The summed E-state index contributed by atoms with van der Waals surface area (Å²) in [6.45, 7) is 0. The lowest BCUT2D eigenvalue weighted by molar-refractivity contribution is 0.144. The van der Waals surface area contributed by atoms with Gasteiger partial charge in [-0.2, -0.15) is 0 Å². The van der Waals surface area contributed by atoms with Crippen molar-refractivity contribution >= 4 is 44.3 Å². The van der Waals surface area contributed by atoms with E-state index in [2.05, 4.69) is 31.9 Å². The van der Waals surface area contributed by atoms with E-state index in [0.29, 0.717) is 26.7 Å². The lowest BCUT2D eigenvalue weighted by Crippen LogP contribution is -2.28. The number of phenols is 1. The molecule has 2 aromatic carbocycles. The quantitative estimate of drug-likeness (QED) is 0.623. The number of rotatable bonds is 5. The summed E-state index contributed by atoms with van der Waals surface area (Å²) in [4.78, 5) is 0. The molecule has 126 valence electrons. The fourth-order valence-corrected chi connectivity index (χ4v) is 3.19. The van der Waals surface area contributed by atoms with E-state index in [1.54, 1.807) is 6.07 Å². The van der Waals surface area contributed by atoms with Crippen molar-refractivity contribution in [2.75, 3.05) is 7.11 Å². The van der Waals surface area contributed by atoms with Crippen LogP contribution in [-0.4, -0.2) is 23.4 Å². The first-order valence-electron chi connectivity index (χ1n) is 6.68. The monoisotopic (exact) mass is 465 g/mol. The van der Waals surface area contributed by atoms with Gasteiger partial charge in [0.1, 0.15) is 0 Å². The van der Waals surface area contributed by atoms with Crippen molar-refractivity contribution in [2.45, 2.75) is 18.6 Å². The second kappa shape index (κ2) is 8.89. The molecular weight excluding hydrogens is 449 g/mol. The average Bonchev–Trinajstić information content (AvgIpc) is 2.53. The first-order valence-corrected chi connectivity index (χ1v) is 8.26. The van der Waals surface area contributed by atoms with E-state index >= 15 is 0 Å². The minimum atomic E-state index is -0.764. The van der Waals surface area contributed by atoms with Gasteiger partial charge in [-0.05, 0) is 49.1 Å². The number of hydrogen-bond acceptors (Lipinski definition) is 4. The van der Waals surface area contributed by atoms with Gasteiger partial charge in [-0.3, -0.25) is 0 Å². The first kappa shape index (κ1) is 20.3. The van der Waals surface area contributed by atoms with Gasteiger partial charge in [-0.25, -0.2) is 0 Å². The Hall–Kier alpha value is -0.790. The minimum absolute atomic E-state index is 0. The summed E-state index contributed by atoms with van der Waals surface area (Å²) in [7, 11) is 1.46. The molecule has 0 fully saturated rings. The molecule has 4 nitrogen and oxygen atoms in total. The maximum atomic E-state index is 10.4. The van der Waals surface area contributed by atoms with Crippen LogP contribution in [0.1, 0.15) is 17.2 Å². The molecular formula is C16H18Br2ClNO3. The van der Waals surface area contributed by atoms with Gasteiger partial charge in [-0.15, -0.1) is 12.4 Å². The summed E-state index contributed by atoms with van der Waals surface area (Å²) in [5, 5.41) is 20.4. The number of nitrogens with two attached hydrogens (primary N) is 1. The molecule has 4 N–H and O–H groups in total. The largest absolute Gasteiger partial charge is 0.503 e. The SMILES string of the molecule is COc1cc([C@@H](N)[C@@H](O)Cc2ccccc2)c(Br)c(Br)c1O.Cl. The van der Waals surface area contributed by atoms with E-state index < -0.39 is 12.1 Å².